The molecule has 1 aromatic rings. The number of rotatable bonds is 2. The van der Waals surface area contributed by atoms with Gasteiger partial charge in [-0.15, -0.1) is 0 Å². The number of fused-ring (bicyclic) bond motifs is 1. The van der Waals surface area contributed by atoms with Gasteiger partial charge in [0.15, 0.2) is 0 Å². The Kier molecular flexibility index (Phi) is 2.54. The molecule has 0 bridgehead atoms. The molecule has 0 spiro atoms. The quantitative estimate of drug-likeness (QED) is 0.786. The van der Waals surface area contributed by atoms with Gasteiger partial charge in [-0.05, 0) is 17.7 Å². The number of nitrogens with two attached hydrogens (primary N) is 1. The molecule has 0 radical (unpaired) electrons. The van der Waals surface area contributed by atoms with Crippen molar-refractivity contribution in [1.82, 2.24) is 0 Å². The van der Waals surface area contributed by atoms with Crippen LogP contribution in [0.3, 0.4) is 0 Å². The lowest BCUT2D eigenvalue weighted by atomic mass is 10.1. The SMILES string of the molecule is NC(=O)CN1C=CC=Cc2ccccc21. The zero-order chi connectivity index (χ0) is 10.7. The van der Waals surface area contributed by atoms with Gasteiger partial charge < -0.3 is 10.6 Å². The predicted molar refractivity (Wildman–Crippen MR) is 61.2 cm³/mol. The van der Waals surface area contributed by atoms with Gasteiger partial charge in [-0.2, -0.15) is 0 Å². The Morgan fingerprint density at radius 2 is 2.07 bits per heavy atom. The average Bonchev–Trinajstić information content (AvgIpc) is 2.41. The molecule has 2 rings (SSSR count). The first kappa shape index (κ1) is 9.52. The van der Waals surface area contributed by atoms with Gasteiger partial charge in [0, 0.05) is 11.9 Å². The fourth-order valence-electron chi connectivity index (χ4n) is 1.59. The normalized spacial score (nSPS) is 13.5. The fraction of sp³-hybridized carbons (Fsp3) is 0.0833. The summed E-state index contributed by atoms with van der Waals surface area (Å²) in [6.07, 6.45) is 7.70. The average molecular weight is 200 g/mol. The second-order valence-corrected chi connectivity index (χ2v) is 3.35. The van der Waals surface area contributed by atoms with Gasteiger partial charge in [-0.25, -0.2) is 0 Å². The number of allylic oxidation sites excluding steroid dienone is 2. The Balaban J connectivity index is 2.39. The van der Waals surface area contributed by atoms with Crippen molar-refractivity contribution in [2.75, 3.05) is 11.4 Å². The third-order valence-corrected chi connectivity index (χ3v) is 2.23. The van der Waals surface area contributed by atoms with E-state index in [1.165, 1.54) is 0 Å². The van der Waals surface area contributed by atoms with Crippen LogP contribution in [0.4, 0.5) is 5.69 Å². The van der Waals surface area contributed by atoms with Crippen molar-refractivity contribution in [1.29, 1.82) is 0 Å². The Morgan fingerprint density at radius 3 is 2.87 bits per heavy atom. The molecule has 0 atom stereocenters. The second kappa shape index (κ2) is 4.00. The van der Waals surface area contributed by atoms with Crippen molar-refractivity contribution >= 4 is 17.7 Å². The van der Waals surface area contributed by atoms with Crippen LogP contribution in [0.2, 0.25) is 0 Å². The molecule has 1 aliphatic rings. The van der Waals surface area contributed by atoms with Crippen LogP contribution in [-0.2, 0) is 4.79 Å². The molecule has 2 N–H and O–H groups in total. The Bertz CT molecular complexity index is 435. The topological polar surface area (TPSA) is 46.3 Å². The molecule has 3 nitrogen and oxygen atoms in total. The summed E-state index contributed by atoms with van der Waals surface area (Å²) in [5, 5.41) is 0. The van der Waals surface area contributed by atoms with E-state index in [9.17, 15) is 4.79 Å². The number of carbonyl (C=O) groups is 1. The Labute approximate surface area is 88.5 Å². The Hall–Kier alpha value is -2.03. The van der Waals surface area contributed by atoms with Gasteiger partial charge in [-0.1, -0.05) is 30.4 Å². The van der Waals surface area contributed by atoms with Crippen LogP contribution in [0.15, 0.2) is 42.6 Å². The lowest BCUT2D eigenvalue weighted by Crippen LogP contribution is -2.29. The Morgan fingerprint density at radius 1 is 1.27 bits per heavy atom. The van der Waals surface area contributed by atoms with Crippen molar-refractivity contribution in [3.63, 3.8) is 0 Å². The number of benzene rings is 1. The van der Waals surface area contributed by atoms with Crippen molar-refractivity contribution < 1.29 is 4.79 Å². The van der Waals surface area contributed by atoms with Crippen LogP contribution in [0.25, 0.3) is 6.08 Å². The molecule has 0 aliphatic carbocycles. The first-order valence-corrected chi connectivity index (χ1v) is 4.76. The first-order chi connectivity index (χ1) is 7.27. The summed E-state index contributed by atoms with van der Waals surface area (Å²) < 4.78 is 0. The number of primary amides is 1. The summed E-state index contributed by atoms with van der Waals surface area (Å²) >= 11 is 0. The van der Waals surface area contributed by atoms with Crippen LogP contribution in [0, 0.1) is 0 Å². The van der Waals surface area contributed by atoms with Crippen molar-refractivity contribution in [3.8, 4) is 0 Å². The van der Waals surface area contributed by atoms with E-state index >= 15 is 0 Å². The molecule has 76 valence electrons. The van der Waals surface area contributed by atoms with Crippen LogP contribution in [0.1, 0.15) is 5.56 Å². The highest BCUT2D eigenvalue weighted by Crippen LogP contribution is 2.23. The number of para-hydroxylation sites is 1. The minimum absolute atomic E-state index is 0.204. The number of hydrogen-bond acceptors (Lipinski definition) is 2. The molecule has 1 aliphatic heterocycles. The number of amides is 1. The summed E-state index contributed by atoms with van der Waals surface area (Å²) in [6, 6.07) is 7.89. The molecule has 0 saturated heterocycles. The maximum absolute atomic E-state index is 10.9. The van der Waals surface area contributed by atoms with Crippen molar-refractivity contribution in [3.05, 3.63) is 48.2 Å². The minimum atomic E-state index is -0.337. The minimum Gasteiger partial charge on any atom is -0.368 e. The lowest BCUT2D eigenvalue weighted by molar-refractivity contribution is -0.116. The van der Waals surface area contributed by atoms with E-state index in [2.05, 4.69) is 0 Å². The maximum Gasteiger partial charge on any atom is 0.237 e. The van der Waals surface area contributed by atoms with Gasteiger partial charge in [0.2, 0.25) is 5.91 Å². The predicted octanol–water partition coefficient (Wildman–Crippen LogP) is 1.52. The summed E-state index contributed by atoms with van der Waals surface area (Å²) in [7, 11) is 0. The zero-order valence-electron chi connectivity index (χ0n) is 8.26. The summed E-state index contributed by atoms with van der Waals surface area (Å²) in [4.78, 5) is 12.8. The maximum atomic E-state index is 10.9. The number of nitrogens with zero attached hydrogens (tertiary/aromatic N) is 1. The summed E-state index contributed by atoms with van der Waals surface area (Å²) in [6.45, 7) is 0.204. The molecular formula is C12H12N2O. The number of hydrogen-bond donors (Lipinski definition) is 1. The van der Waals surface area contributed by atoms with E-state index in [0.29, 0.717) is 0 Å². The molecule has 0 saturated carbocycles. The van der Waals surface area contributed by atoms with Crippen LogP contribution >= 0.6 is 0 Å². The molecule has 0 unspecified atom stereocenters. The lowest BCUT2D eigenvalue weighted by Gasteiger charge is -2.19. The van der Waals surface area contributed by atoms with Gasteiger partial charge in [0.25, 0.3) is 0 Å². The second-order valence-electron chi connectivity index (χ2n) is 3.35. The van der Waals surface area contributed by atoms with Gasteiger partial charge >= 0.3 is 0 Å². The molecular weight excluding hydrogens is 188 g/mol. The monoisotopic (exact) mass is 200 g/mol. The molecule has 3 heteroatoms. The van der Waals surface area contributed by atoms with E-state index < -0.39 is 0 Å². The summed E-state index contributed by atoms with van der Waals surface area (Å²) in [5.74, 6) is -0.337. The first-order valence-electron chi connectivity index (χ1n) is 4.76. The van der Waals surface area contributed by atoms with E-state index in [1.807, 2.05) is 53.6 Å². The van der Waals surface area contributed by atoms with Crippen molar-refractivity contribution in [2.24, 2.45) is 5.73 Å². The zero-order valence-corrected chi connectivity index (χ0v) is 8.26. The van der Waals surface area contributed by atoms with Crippen LogP contribution in [-0.4, -0.2) is 12.5 Å². The fourth-order valence-corrected chi connectivity index (χ4v) is 1.59. The smallest absolute Gasteiger partial charge is 0.237 e. The highest BCUT2D eigenvalue weighted by Gasteiger charge is 2.10. The number of carbonyl (C=O) groups excluding carboxylic acids is 1. The van der Waals surface area contributed by atoms with Crippen LogP contribution < -0.4 is 10.6 Å². The highest BCUT2D eigenvalue weighted by atomic mass is 16.1. The van der Waals surface area contributed by atoms with Crippen LogP contribution in [0.5, 0.6) is 0 Å². The number of anilines is 1. The van der Waals surface area contributed by atoms with E-state index in [0.717, 1.165) is 11.3 Å². The van der Waals surface area contributed by atoms with E-state index in [4.69, 9.17) is 5.73 Å². The molecule has 0 aromatic heterocycles. The third-order valence-electron chi connectivity index (χ3n) is 2.23. The molecule has 1 amide bonds. The third kappa shape index (κ3) is 2.07. The standard InChI is InChI=1S/C12H12N2O/c13-12(15)9-14-8-4-3-6-10-5-1-2-7-11(10)14/h1-8H,9H2,(H2,13,15). The molecule has 1 heterocycles. The van der Waals surface area contributed by atoms with Gasteiger partial charge in [0.05, 0.1) is 0 Å². The van der Waals surface area contributed by atoms with Gasteiger partial charge in [-0.3, -0.25) is 4.79 Å². The largest absolute Gasteiger partial charge is 0.368 e. The highest BCUT2D eigenvalue weighted by molar-refractivity contribution is 5.82. The van der Waals surface area contributed by atoms with Gasteiger partial charge in [0.1, 0.15) is 6.54 Å². The van der Waals surface area contributed by atoms with E-state index in [-0.39, 0.29) is 12.5 Å². The van der Waals surface area contributed by atoms with Crippen molar-refractivity contribution in [2.45, 2.75) is 0 Å². The summed E-state index contributed by atoms with van der Waals surface area (Å²) in [5.41, 5.74) is 7.28. The molecule has 15 heavy (non-hydrogen) atoms. The van der Waals surface area contributed by atoms with E-state index in [1.54, 1.807) is 0 Å². The molecule has 0 fully saturated rings. The molecule has 1 aromatic carbocycles.